The largest absolute Gasteiger partial charge is 0.361 e. The van der Waals surface area contributed by atoms with Crippen molar-refractivity contribution in [3.8, 4) is 0 Å². The Bertz CT molecular complexity index is 606. The molecule has 22 heavy (non-hydrogen) atoms. The number of nitrogens with zero attached hydrogens (tertiary/aromatic N) is 2. The van der Waals surface area contributed by atoms with Gasteiger partial charge in [0.1, 0.15) is 11.5 Å². The van der Waals surface area contributed by atoms with Gasteiger partial charge in [-0.15, -0.1) is 11.8 Å². The molecule has 0 spiro atoms. The van der Waals surface area contributed by atoms with Crippen molar-refractivity contribution in [3.05, 3.63) is 47.3 Å². The molecule has 1 aliphatic rings. The van der Waals surface area contributed by atoms with Crippen LogP contribution in [0.3, 0.4) is 0 Å². The summed E-state index contributed by atoms with van der Waals surface area (Å²) in [6.07, 6.45) is 4.52. The summed E-state index contributed by atoms with van der Waals surface area (Å²) in [5, 5.41) is 4.32. The van der Waals surface area contributed by atoms with Gasteiger partial charge in [-0.25, -0.2) is 0 Å². The van der Waals surface area contributed by atoms with Crippen molar-refractivity contribution in [2.45, 2.75) is 50.1 Å². The first-order chi connectivity index (χ1) is 10.7. The molecule has 1 fully saturated rings. The summed E-state index contributed by atoms with van der Waals surface area (Å²) in [6, 6.07) is 11.4. The molecule has 1 saturated heterocycles. The van der Waals surface area contributed by atoms with Crippen molar-refractivity contribution < 1.29 is 4.52 Å². The highest BCUT2D eigenvalue weighted by atomic mass is 32.2. The number of thioether (sulfide) groups is 1. The molecule has 4 heteroatoms. The van der Waals surface area contributed by atoms with Gasteiger partial charge in [-0.05, 0) is 43.3 Å². The fourth-order valence-electron chi connectivity index (χ4n) is 3.05. The first kappa shape index (κ1) is 15.6. The van der Waals surface area contributed by atoms with Crippen LogP contribution in [0.25, 0.3) is 0 Å². The van der Waals surface area contributed by atoms with Gasteiger partial charge in [-0.2, -0.15) is 0 Å². The van der Waals surface area contributed by atoms with Crippen LogP contribution in [0.5, 0.6) is 0 Å². The molecule has 0 bridgehead atoms. The van der Waals surface area contributed by atoms with E-state index >= 15 is 0 Å². The standard InChI is InChI=1S/C18H24N2OS/c1-13(2)18-11-16(19-21-18)17-5-4-10-20(17)12-14-6-8-15(22-3)9-7-14/h6-9,11,13,17H,4-5,10,12H2,1-3H3/t17-/m0/s1. The topological polar surface area (TPSA) is 29.3 Å². The van der Waals surface area contributed by atoms with Crippen LogP contribution >= 0.6 is 11.8 Å². The number of hydrogen-bond donors (Lipinski definition) is 0. The van der Waals surface area contributed by atoms with E-state index in [1.54, 1.807) is 11.8 Å². The third kappa shape index (κ3) is 3.39. The fourth-order valence-corrected chi connectivity index (χ4v) is 3.46. The van der Waals surface area contributed by atoms with Crippen LogP contribution in [0.2, 0.25) is 0 Å². The zero-order chi connectivity index (χ0) is 15.5. The average molecular weight is 316 g/mol. The van der Waals surface area contributed by atoms with Gasteiger partial charge in [0.15, 0.2) is 0 Å². The van der Waals surface area contributed by atoms with E-state index in [0.717, 1.165) is 24.5 Å². The Labute approximate surface area is 137 Å². The zero-order valence-corrected chi connectivity index (χ0v) is 14.4. The summed E-state index contributed by atoms with van der Waals surface area (Å²) < 4.78 is 5.49. The van der Waals surface area contributed by atoms with E-state index in [2.05, 4.69) is 60.5 Å². The molecule has 0 N–H and O–H groups in total. The van der Waals surface area contributed by atoms with Crippen LogP contribution in [0.15, 0.2) is 39.8 Å². The lowest BCUT2D eigenvalue weighted by molar-refractivity contribution is 0.236. The van der Waals surface area contributed by atoms with E-state index in [1.165, 1.54) is 23.3 Å². The van der Waals surface area contributed by atoms with Crippen LogP contribution in [-0.2, 0) is 6.54 Å². The Morgan fingerprint density at radius 1 is 1.32 bits per heavy atom. The summed E-state index contributed by atoms with van der Waals surface area (Å²) in [6.45, 7) is 6.41. The van der Waals surface area contributed by atoms with Crippen LogP contribution in [0.4, 0.5) is 0 Å². The van der Waals surface area contributed by atoms with E-state index in [0.29, 0.717) is 12.0 Å². The molecule has 0 amide bonds. The molecular formula is C18H24N2OS. The van der Waals surface area contributed by atoms with Crippen LogP contribution in [-0.4, -0.2) is 22.9 Å². The second kappa shape index (κ2) is 6.88. The maximum Gasteiger partial charge on any atom is 0.139 e. The van der Waals surface area contributed by atoms with Gasteiger partial charge < -0.3 is 4.52 Å². The predicted molar refractivity (Wildman–Crippen MR) is 91.2 cm³/mol. The van der Waals surface area contributed by atoms with Gasteiger partial charge in [-0.3, -0.25) is 4.90 Å². The Morgan fingerprint density at radius 2 is 2.09 bits per heavy atom. The van der Waals surface area contributed by atoms with Crippen molar-refractivity contribution in [1.82, 2.24) is 10.1 Å². The third-order valence-electron chi connectivity index (χ3n) is 4.37. The highest BCUT2D eigenvalue weighted by Crippen LogP contribution is 2.33. The number of benzene rings is 1. The van der Waals surface area contributed by atoms with Crippen molar-refractivity contribution >= 4 is 11.8 Å². The van der Waals surface area contributed by atoms with Crippen molar-refractivity contribution in [1.29, 1.82) is 0 Å². The summed E-state index contributed by atoms with van der Waals surface area (Å²) >= 11 is 1.79. The molecule has 2 aromatic rings. The maximum atomic E-state index is 5.49. The van der Waals surface area contributed by atoms with Crippen LogP contribution in [0, 0.1) is 0 Å². The summed E-state index contributed by atoms with van der Waals surface area (Å²) in [4.78, 5) is 3.84. The first-order valence-electron chi connectivity index (χ1n) is 8.01. The number of rotatable bonds is 5. The van der Waals surface area contributed by atoms with E-state index in [9.17, 15) is 0 Å². The van der Waals surface area contributed by atoms with E-state index in [4.69, 9.17) is 4.52 Å². The molecule has 118 valence electrons. The molecule has 1 aromatic carbocycles. The fraction of sp³-hybridized carbons (Fsp3) is 0.500. The Balaban J connectivity index is 1.71. The van der Waals surface area contributed by atoms with Crippen molar-refractivity contribution in [2.24, 2.45) is 0 Å². The normalized spacial score (nSPS) is 19.2. The summed E-state index contributed by atoms with van der Waals surface area (Å²) in [5.41, 5.74) is 2.47. The number of likely N-dealkylation sites (tertiary alicyclic amines) is 1. The molecule has 0 radical (unpaired) electrons. The summed E-state index contributed by atoms with van der Waals surface area (Å²) in [5.74, 6) is 1.39. The van der Waals surface area contributed by atoms with Gasteiger partial charge >= 0.3 is 0 Å². The Kier molecular flexibility index (Phi) is 4.89. The van der Waals surface area contributed by atoms with Crippen LogP contribution < -0.4 is 0 Å². The lowest BCUT2D eigenvalue weighted by atomic mass is 10.1. The van der Waals surface area contributed by atoms with Gasteiger partial charge in [-0.1, -0.05) is 31.1 Å². The van der Waals surface area contributed by atoms with Gasteiger partial charge in [0.2, 0.25) is 0 Å². The summed E-state index contributed by atoms with van der Waals surface area (Å²) in [7, 11) is 0. The smallest absolute Gasteiger partial charge is 0.139 e. The highest BCUT2D eigenvalue weighted by Gasteiger charge is 2.28. The predicted octanol–water partition coefficient (Wildman–Crippen LogP) is 4.86. The number of hydrogen-bond acceptors (Lipinski definition) is 4. The maximum absolute atomic E-state index is 5.49. The molecule has 0 aliphatic carbocycles. The molecule has 1 aliphatic heterocycles. The van der Waals surface area contributed by atoms with Crippen molar-refractivity contribution in [2.75, 3.05) is 12.8 Å². The van der Waals surface area contributed by atoms with Gasteiger partial charge in [0, 0.05) is 23.4 Å². The highest BCUT2D eigenvalue weighted by molar-refractivity contribution is 7.98. The molecule has 1 atom stereocenters. The average Bonchev–Trinajstić information content (AvgIpc) is 3.16. The SMILES string of the molecule is CSc1ccc(CN2CCC[C@H]2c2cc(C(C)C)on2)cc1. The molecule has 0 unspecified atom stereocenters. The minimum atomic E-state index is 0.398. The van der Waals surface area contributed by atoms with Crippen LogP contribution in [0.1, 0.15) is 55.7 Å². The quantitative estimate of drug-likeness (QED) is 0.737. The van der Waals surface area contributed by atoms with E-state index < -0.39 is 0 Å². The Hall–Kier alpha value is -1.26. The minimum absolute atomic E-state index is 0.398. The monoisotopic (exact) mass is 316 g/mol. The Morgan fingerprint density at radius 3 is 2.73 bits per heavy atom. The lowest BCUT2D eigenvalue weighted by Gasteiger charge is -2.22. The van der Waals surface area contributed by atoms with E-state index in [-0.39, 0.29) is 0 Å². The van der Waals surface area contributed by atoms with E-state index in [1.807, 2.05) is 0 Å². The molecule has 3 nitrogen and oxygen atoms in total. The first-order valence-corrected chi connectivity index (χ1v) is 9.23. The molecular weight excluding hydrogens is 292 g/mol. The minimum Gasteiger partial charge on any atom is -0.361 e. The molecule has 1 aromatic heterocycles. The molecule has 3 rings (SSSR count). The zero-order valence-electron chi connectivity index (χ0n) is 13.6. The van der Waals surface area contributed by atoms with Gasteiger partial charge in [0.25, 0.3) is 0 Å². The number of aromatic nitrogens is 1. The van der Waals surface area contributed by atoms with Gasteiger partial charge in [0.05, 0.1) is 6.04 Å². The molecule has 0 saturated carbocycles. The molecule has 2 heterocycles. The second-order valence-electron chi connectivity index (χ2n) is 6.29. The second-order valence-corrected chi connectivity index (χ2v) is 7.17. The van der Waals surface area contributed by atoms with Crippen molar-refractivity contribution in [3.63, 3.8) is 0 Å². The third-order valence-corrected chi connectivity index (χ3v) is 5.11. The lowest BCUT2D eigenvalue weighted by Crippen LogP contribution is -2.22.